The Morgan fingerprint density at radius 1 is 1.06 bits per heavy atom. The van der Waals surface area contributed by atoms with E-state index in [9.17, 15) is 0 Å². The van der Waals surface area contributed by atoms with Crippen LogP contribution in [0.25, 0.3) is 0 Å². The second-order valence-corrected chi connectivity index (χ2v) is 7.18. The molecule has 0 bridgehead atoms. The van der Waals surface area contributed by atoms with E-state index >= 15 is 0 Å². The van der Waals surface area contributed by atoms with Crippen molar-refractivity contribution in [2.45, 2.75) is 6.04 Å². The van der Waals surface area contributed by atoms with Crippen molar-refractivity contribution in [3.05, 3.63) is 65.1 Å². The highest BCUT2D eigenvalue weighted by molar-refractivity contribution is 14.1. The topological polar surface area (TPSA) is 26.0 Å². The van der Waals surface area contributed by atoms with Gasteiger partial charge < -0.3 is 5.73 Å². The van der Waals surface area contributed by atoms with Gasteiger partial charge in [-0.05, 0) is 70.1 Å². The molecule has 0 saturated carbocycles. The minimum absolute atomic E-state index is 0.206. The SMILES string of the molecule is NC(c1cc(Br)ccc1Br)c1cc(Cl)ccc1I. The summed E-state index contributed by atoms with van der Waals surface area (Å²) in [4.78, 5) is 0. The summed E-state index contributed by atoms with van der Waals surface area (Å²) >= 11 is 15.3. The molecule has 5 heteroatoms. The zero-order valence-corrected chi connectivity index (χ0v) is 15.2. The fourth-order valence-electron chi connectivity index (χ4n) is 1.67. The van der Waals surface area contributed by atoms with Crippen LogP contribution in [0.5, 0.6) is 0 Å². The molecule has 0 spiro atoms. The highest BCUT2D eigenvalue weighted by Crippen LogP contribution is 2.32. The summed E-state index contributed by atoms with van der Waals surface area (Å²) in [5, 5.41) is 0.701. The van der Waals surface area contributed by atoms with E-state index in [1.54, 1.807) is 0 Å². The summed E-state index contributed by atoms with van der Waals surface area (Å²) in [5.41, 5.74) is 8.40. The normalized spacial score (nSPS) is 12.5. The molecule has 2 N–H and O–H groups in total. The lowest BCUT2D eigenvalue weighted by atomic mass is 10.00. The number of benzene rings is 2. The van der Waals surface area contributed by atoms with Gasteiger partial charge in [-0.3, -0.25) is 0 Å². The first-order valence-corrected chi connectivity index (χ1v) is 8.19. The molecule has 0 aliphatic heterocycles. The van der Waals surface area contributed by atoms with Gasteiger partial charge in [0.05, 0.1) is 6.04 Å². The largest absolute Gasteiger partial charge is 0.320 e. The molecule has 2 rings (SSSR count). The van der Waals surface area contributed by atoms with Crippen molar-refractivity contribution in [3.8, 4) is 0 Å². The predicted octanol–water partition coefficient (Wildman–Crippen LogP) is 5.52. The van der Waals surface area contributed by atoms with E-state index < -0.39 is 0 Å². The zero-order chi connectivity index (χ0) is 13.3. The average molecular weight is 501 g/mol. The molecular formula is C13H9Br2ClIN. The van der Waals surface area contributed by atoms with Crippen LogP contribution in [0.1, 0.15) is 17.2 Å². The summed E-state index contributed by atoms with van der Waals surface area (Å²) in [6, 6.07) is 11.5. The summed E-state index contributed by atoms with van der Waals surface area (Å²) in [6.45, 7) is 0. The molecule has 0 saturated heterocycles. The van der Waals surface area contributed by atoms with Crippen LogP contribution in [-0.4, -0.2) is 0 Å². The first-order chi connectivity index (χ1) is 8.49. The smallest absolute Gasteiger partial charge is 0.0574 e. The van der Waals surface area contributed by atoms with Gasteiger partial charge >= 0.3 is 0 Å². The third-order valence-electron chi connectivity index (χ3n) is 2.59. The van der Waals surface area contributed by atoms with Crippen LogP contribution < -0.4 is 5.73 Å². The van der Waals surface area contributed by atoms with E-state index in [4.69, 9.17) is 17.3 Å². The number of rotatable bonds is 2. The molecule has 1 atom stereocenters. The maximum atomic E-state index is 6.34. The molecule has 0 aromatic heterocycles. The second kappa shape index (κ2) is 6.22. The number of hydrogen-bond donors (Lipinski definition) is 1. The van der Waals surface area contributed by atoms with Gasteiger partial charge in [0.15, 0.2) is 0 Å². The lowest BCUT2D eigenvalue weighted by Crippen LogP contribution is -2.14. The lowest BCUT2D eigenvalue weighted by molar-refractivity contribution is 0.859. The molecule has 0 heterocycles. The molecule has 1 nitrogen and oxygen atoms in total. The molecule has 0 aliphatic carbocycles. The van der Waals surface area contributed by atoms with Crippen LogP contribution in [0.15, 0.2) is 45.3 Å². The minimum atomic E-state index is -0.206. The fraction of sp³-hybridized carbons (Fsp3) is 0.0769. The molecule has 0 radical (unpaired) electrons. The van der Waals surface area contributed by atoms with Gasteiger partial charge in [0, 0.05) is 17.5 Å². The van der Waals surface area contributed by atoms with Crippen molar-refractivity contribution in [1.82, 2.24) is 0 Å². The van der Waals surface area contributed by atoms with Gasteiger partial charge in [-0.1, -0.05) is 43.5 Å². The molecule has 2 aromatic rings. The minimum Gasteiger partial charge on any atom is -0.320 e. The van der Waals surface area contributed by atoms with Crippen LogP contribution >= 0.6 is 66.1 Å². The maximum absolute atomic E-state index is 6.34. The van der Waals surface area contributed by atoms with Crippen LogP contribution in [0.2, 0.25) is 5.02 Å². The first-order valence-electron chi connectivity index (χ1n) is 5.14. The van der Waals surface area contributed by atoms with Gasteiger partial charge in [0.1, 0.15) is 0 Å². The fourth-order valence-corrected chi connectivity index (χ4v) is 3.40. The second-order valence-electron chi connectivity index (χ2n) is 3.81. The van der Waals surface area contributed by atoms with E-state index in [0.717, 1.165) is 23.6 Å². The average Bonchev–Trinajstić information content (AvgIpc) is 2.34. The van der Waals surface area contributed by atoms with Crippen LogP contribution in [-0.2, 0) is 0 Å². The third kappa shape index (κ3) is 3.28. The summed E-state index contributed by atoms with van der Waals surface area (Å²) in [6.07, 6.45) is 0. The van der Waals surface area contributed by atoms with Crippen LogP contribution in [0.3, 0.4) is 0 Å². The summed E-state index contributed by atoms with van der Waals surface area (Å²) < 4.78 is 3.11. The Labute approximate surface area is 141 Å². The quantitative estimate of drug-likeness (QED) is 0.540. The van der Waals surface area contributed by atoms with E-state index in [1.165, 1.54) is 0 Å². The molecule has 94 valence electrons. The van der Waals surface area contributed by atoms with Crippen LogP contribution in [0.4, 0.5) is 0 Å². The lowest BCUT2D eigenvalue weighted by Gasteiger charge is -2.16. The Balaban J connectivity index is 2.50. The summed E-state index contributed by atoms with van der Waals surface area (Å²) in [7, 11) is 0. The zero-order valence-electron chi connectivity index (χ0n) is 9.13. The summed E-state index contributed by atoms with van der Waals surface area (Å²) in [5.74, 6) is 0. The first kappa shape index (κ1) is 14.8. The third-order valence-corrected chi connectivity index (χ3v) is 5.02. The van der Waals surface area contributed by atoms with Gasteiger partial charge in [-0.15, -0.1) is 0 Å². The van der Waals surface area contributed by atoms with Crippen molar-refractivity contribution >= 4 is 66.1 Å². The molecule has 2 aromatic carbocycles. The highest BCUT2D eigenvalue weighted by Gasteiger charge is 2.15. The Hall–Kier alpha value is 0.380. The Morgan fingerprint density at radius 2 is 1.78 bits per heavy atom. The number of nitrogens with two attached hydrogens (primary N) is 1. The van der Waals surface area contributed by atoms with Gasteiger partial charge in [0.2, 0.25) is 0 Å². The molecule has 0 fully saturated rings. The van der Waals surface area contributed by atoms with Gasteiger partial charge in [-0.25, -0.2) is 0 Å². The molecule has 1 unspecified atom stereocenters. The predicted molar refractivity (Wildman–Crippen MR) is 92.0 cm³/mol. The molecular weight excluding hydrogens is 492 g/mol. The Kier molecular flexibility index (Phi) is 5.11. The van der Waals surface area contributed by atoms with E-state index in [-0.39, 0.29) is 6.04 Å². The van der Waals surface area contributed by atoms with Crippen molar-refractivity contribution < 1.29 is 0 Å². The van der Waals surface area contributed by atoms with Crippen molar-refractivity contribution in [2.24, 2.45) is 5.73 Å². The van der Waals surface area contributed by atoms with E-state index in [1.807, 2.05) is 36.4 Å². The molecule has 0 aliphatic rings. The molecule has 0 amide bonds. The Morgan fingerprint density at radius 3 is 2.50 bits per heavy atom. The van der Waals surface area contributed by atoms with E-state index in [2.05, 4.69) is 54.5 Å². The maximum Gasteiger partial charge on any atom is 0.0574 e. The van der Waals surface area contributed by atoms with Crippen LogP contribution in [0, 0.1) is 3.57 Å². The van der Waals surface area contributed by atoms with Crippen molar-refractivity contribution in [1.29, 1.82) is 0 Å². The van der Waals surface area contributed by atoms with Crippen molar-refractivity contribution in [3.63, 3.8) is 0 Å². The highest BCUT2D eigenvalue weighted by atomic mass is 127. The standard InChI is InChI=1S/C13H9Br2ClIN/c14-7-1-3-11(15)9(5-7)13(18)10-6-8(16)2-4-12(10)17/h1-6,13H,18H2. The molecule has 18 heavy (non-hydrogen) atoms. The van der Waals surface area contributed by atoms with Gasteiger partial charge in [-0.2, -0.15) is 0 Å². The van der Waals surface area contributed by atoms with Gasteiger partial charge in [0.25, 0.3) is 0 Å². The Bertz CT molecular complexity index is 538. The monoisotopic (exact) mass is 499 g/mol. The number of hydrogen-bond acceptors (Lipinski definition) is 1. The van der Waals surface area contributed by atoms with Crippen molar-refractivity contribution in [2.75, 3.05) is 0 Å². The number of halogens is 4. The van der Waals surface area contributed by atoms with E-state index in [0.29, 0.717) is 5.02 Å².